The van der Waals surface area contributed by atoms with E-state index in [9.17, 15) is 4.79 Å². The highest BCUT2D eigenvalue weighted by atomic mass is 16.5. The number of hydrazone groups is 1. The Labute approximate surface area is 158 Å². The molecule has 0 aliphatic rings. The minimum atomic E-state index is -0.285. The number of hydrogen-bond acceptors (Lipinski definition) is 4. The van der Waals surface area contributed by atoms with Crippen molar-refractivity contribution in [1.82, 2.24) is 5.43 Å². The Bertz CT molecular complexity index is 936. The average Bonchev–Trinajstić information content (AvgIpc) is 2.74. The molecule has 5 nitrogen and oxygen atoms in total. The van der Waals surface area contributed by atoms with Gasteiger partial charge >= 0.3 is 0 Å². The van der Waals surface area contributed by atoms with E-state index in [-0.39, 0.29) is 5.91 Å². The molecule has 0 saturated carbocycles. The molecule has 0 spiro atoms. The lowest BCUT2D eigenvalue weighted by atomic mass is 10.0. The molecule has 3 aromatic rings. The molecule has 0 aliphatic carbocycles. The number of carbonyl (C=O) groups is 1. The summed E-state index contributed by atoms with van der Waals surface area (Å²) in [6.07, 6.45) is 1.53. The summed E-state index contributed by atoms with van der Waals surface area (Å²) in [5, 5.41) is 4.02. The summed E-state index contributed by atoms with van der Waals surface area (Å²) in [6.45, 7) is 0. The molecule has 0 heterocycles. The standard InChI is InChI=1S/C22H20N2O3/c1-26-20-10-6-9-19(21(20)27-2)15-23-24-22(25)18-13-11-17(12-14-18)16-7-4-3-5-8-16/h3-15H,1-2H3,(H,24,25)/b23-15+. The SMILES string of the molecule is COc1cccc(/C=N/NC(=O)c2ccc(-c3ccccc3)cc2)c1OC. The molecule has 27 heavy (non-hydrogen) atoms. The van der Waals surface area contributed by atoms with Crippen molar-refractivity contribution in [3.8, 4) is 22.6 Å². The molecular weight excluding hydrogens is 340 g/mol. The van der Waals surface area contributed by atoms with Gasteiger partial charge in [0.2, 0.25) is 0 Å². The minimum absolute atomic E-state index is 0.285. The molecule has 0 saturated heterocycles. The molecule has 0 aliphatic heterocycles. The van der Waals surface area contributed by atoms with Crippen LogP contribution in [-0.4, -0.2) is 26.3 Å². The van der Waals surface area contributed by atoms with Crippen molar-refractivity contribution < 1.29 is 14.3 Å². The topological polar surface area (TPSA) is 59.9 Å². The molecule has 3 aromatic carbocycles. The fraction of sp³-hybridized carbons (Fsp3) is 0.0909. The first-order valence-electron chi connectivity index (χ1n) is 8.43. The van der Waals surface area contributed by atoms with Gasteiger partial charge in [-0.05, 0) is 35.4 Å². The van der Waals surface area contributed by atoms with E-state index in [0.717, 1.165) is 11.1 Å². The van der Waals surface area contributed by atoms with Gasteiger partial charge in [-0.15, -0.1) is 0 Å². The van der Waals surface area contributed by atoms with Gasteiger partial charge in [0.25, 0.3) is 5.91 Å². The van der Waals surface area contributed by atoms with Gasteiger partial charge in [0, 0.05) is 11.1 Å². The van der Waals surface area contributed by atoms with E-state index < -0.39 is 0 Å². The van der Waals surface area contributed by atoms with Gasteiger partial charge in [-0.3, -0.25) is 4.79 Å². The van der Waals surface area contributed by atoms with E-state index in [1.54, 1.807) is 32.4 Å². The molecule has 5 heteroatoms. The summed E-state index contributed by atoms with van der Waals surface area (Å²) in [5.41, 5.74) is 5.92. The summed E-state index contributed by atoms with van der Waals surface area (Å²) in [4.78, 5) is 12.3. The zero-order valence-electron chi connectivity index (χ0n) is 15.2. The van der Waals surface area contributed by atoms with Crippen LogP contribution in [0.3, 0.4) is 0 Å². The third-order valence-electron chi connectivity index (χ3n) is 4.06. The fourth-order valence-corrected chi connectivity index (χ4v) is 2.68. The molecule has 1 N–H and O–H groups in total. The molecular formula is C22H20N2O3. The fourth-order valence-electron chi connectivity index (χ4n) is 2.68. The van der Waals surface area contributed by atoms with Crippen LogP contribution in [-0.2, 0) is 0 Å². The lowest BCUT2D eigenvalue weighted by molar-refractivity contribution is 0.0955. The number of hydrogen-bond donors (Lipinski definition) is 1. The molecule has 0 bridgehead atoms. The van der Waals surface area contributed by atoms with Crippen LogP contribution in [0.15, 0.2) is 77.9 Å². The zero-order valence-corrected chi connectivity index (χ0v) is 15.2. The van der Waals surface area contributed by atoms with E-state index in [1.165, 1.54) is 6.21 Å². The number of nitrogens with one attached hydrogen (secondary N) is 1. The number of methoxy groups -OCH3 is 2. The summed E-state index contributed by atoms with van der Waals surface area (Å²) in [5.74, 6) is 0.877. The van der Waals surface area contributed by atoms with E-state index in [4.69, 9.17) is 9.47 Å². The average molecular weight is 360 g/mol. The molecule has 0 fully saturated rings. The summed E-state index contributed by atoms with van der Waals surface area (Å²) in [6, 6.07) is 22.8. The van der Waals surface area contributed by atoms with Crippen LogP contribution in [0.2, 0.25) is 0 Å². The van der Waals surface area contributed by atoms with E-state index in [1.807, 2.05) is 54.6 Å². The maximum absolute atomic E-state index is 12.3. The minimum Gasteiger partial charge on any atom is -0.493 e. The van der Waals surface area contributed by atoms with Crippen LogP contribution >= 0.6 is 0 Å². The molecule has 0 unspecified atom stereocenters. The largest absolute Gasteiger partial charge is 0.493 e. The Balaban J connectivity index is 1.69. The normalized spacial score (nSPS) is 10.6. The van der Waals surface area contributed by atoms with Gasteiger partial charge < -0.3 is 9.47 Å². The van der Waals surface area contributed by atoms with E-state index in [0.29, 0.717) is 22.6 Å². The Morgan fingerprint density at radius 2 is 1.56 bits per heavy atom. The van der Waals surface area contributed by atoms with Crippen molar-refractivity contribution in [3.63, 3.8) is 0 Å². The van der Waals surface area contributed by atoms with Crippen molar-refractivity contribution >= 4 is 12.1 Å². The van der Waals surface area contributed by atoms with Crippen LogP contribution in [0, 0.1) is 0 Å². The lowest BCUT2D eigenvalue weighted by Gasteiger charge is -2.09. The van der Waals surface area contributed by atoms with Gasteiger partial charge in [-0.1, -0.05) is 48.5 Å². The Hall–Kier alpha value is -3.60. The predicted octanol–water partition coefficient (Wildman–Crippen LogP) is 4.13. The predicted molar refractivity (Wildman–Crippen MR) is 106 cm³/mol. The maximum Gasteiger partial charge on any atom is 0.271 e. The molecule has 0 radical (unpaired) electrons. The first kappa shape index (κ1) is 18.2. The third-order valence-corrected chi connectivity index (χ3v) is 4.06. The summed E-state index contributed by atoms with van der Waals surface area (Å²) >= 11 is 0. The second-order valence-corrected chi connectivity index (χ2v) is 5.73. The van der Waals surface area contributed by atoms with Crippen LogP contribution in [0.25, 0.3) is 11.1 Å². The number of benzene rings is 3. The number of nitrogens with zero attached hydrogens (tertiary/aromatic N) is 1. The van der Waals surface area contributed by atoms with Crippen molar-refractivity contribution in [2.75, 3.05) is 14.2 Å². The van der Waals surface area contributed by atoms with Gasteiger partial charge in [-0.25, -0.2) is 5.43 Å². The van der Waals surface area contributed by atoms with Crippen LogP contribution in [0.1, 0.15) is 15.9 Å². The Morgan fingerprint density at radius 3 is 2.22 bits per heavy atom. The number of ether oxygens (including phenoxy) is 2. The number of amides is 1. The second-order valence-electron chi connectivity index (χ2n) is 5.73. The smallest absolute Gasteiger partial charge is 0.271 e. The van der Waals surface area contributed by atoms with Gasteiger partial charge in [0.1, 0.15) is 0 Å². The zero-order chi connectivity index (χ0) is 19.1. The number of rotatable bonds is 6. The van der Waals surface area contributed by atoms with Crippen LogP contribution in [0.4, 0.5) is 0 Å². The monoisotopic (exact) mass is 360 g/mol. The summed E-state index contributed by atoms with van der Waals surface area (Å²) in [7, 11) is 3.13. The molecule has 136 valence electrons. The van der Waals surface area contributed by atoms with Crippen molar-refractivity contribution in [3.05, 3.63) is 83.9 Å². The van der Waals surface area contributed by atoms with Crippen molar-refractivity contribution in [2.45, 2.75) is 0 Å². The molecule has 3 rings (SSSR count). The number of para-hydroxylation sites is 1. The van der Waals surface area contributed by atoms with Crippen LogP contribution in [0.5, 0.6) is 11.5 Å². The summed E-state index contributed by atoms with van der Waals surface area (Å²) < 4.78 is 10.6. The van der Waals surface area contributed by atoms with E-state index >= 15 is 0 Å². The van der Waals surface area contributed by atoms with Gasteiger partial charge in [0.05, 0.1) is 20.4 Å². The highest BCUT2D eigenvalue weighted by molar-refractivity contribution is 5.95. The Morgan fingerprint density at radius 1 is 0.852 bits per heavy atom. The Kier molecular flexibility index (Phi) is 5.84. The first-order valence-corrected chi connectivity index (χ1v) is 8.43. The molecule has 0 atom stereocenters. The number of carbonyl (C=O) groups excluding carboxylic acids is 1. The first-order chi connectivity index (χ1) is 13.2. The van der Waals surface area contributed by atoms with Crippen LogP contribution < -0.4 is 14.9 Å². The van der Waals surface area contributed by atoms with Gasteiger partial charge in [0.15, 0.2) is 11.5 Å². The lowest BCUT2D eigenvalue weighted by Crippen LogP contribution is -2.17. The highest BCUT2D eigenvalue weighted by Gasteiger charge is 2.08. The highest BCUT2D eigenvalue weighted by Crippen LogP contribution is 2.29. The molecule has 0 aromatic heterocycles. The van der Waals surface area contributed by atoms with E-state index in [2.05, 4.69) is 10.5 Å². The third kappa shape index (κ3) is 4.33. The van der Waals surface area contributed by atoms with Crippen molar-refractivity contribution in [2.24, 2.45) is 5.10 Å². The quantitative estimate of drug-likeness (QED) is 0.531. The molecule has 1 amide bonds. The maximum atomic E-state index is 12.3. The van der Waals surface area contributed by atoms with Gasteiger partial charge in [-0.2, -0.15) is 5.10 Å². The van der Waals surface area contributed by atoms with Crippen molar-refractivity contribution in [1.29, 1.82) is 0 Å². The second kappa shape index (κ2) is 8.67.